The van der Waals surface area contributed by atoms with Crippen LogP contribution in [0.2, 0.25) is 0 Å². The lowest BCUT2D eigenvalue weighted by molar-refractivity contribution is -0.199. The van der Waals surface area contributed by atoms with E-state index in [9.17, 15) is 4.79 Å². The molecule has 2 aliphatic heterocycles. The first kappa shape index (κ1) is 17.7. The molecule has 37 heavy (non-hydrogen) atoms. The van der Waals surface area contributed by atoms with E-state index in [0.29, 0.717) is 50.2 Å². The van der Waals surface area contributed by atoms with Gasteiger partial charge < -0.3 is 23.8 Å². The van der Waals surface area contributed by atoms with Gasteiger partial charge in [-0.2, -0.15) is 21.5 Å². The highest BCUT2D eigenvalue weighted by atomic mass is 32.1. The van der Waals surface area contributed by atoms with Crippen molar-refractivity contribution in [2.75, 3.05) is 40.9 Å². The van der Waals surface area contributed by atoms with Crippen LogP contribution in [0.15, 0.2) is 41.2 Å². The van der Waals surface area contributed by atoms with Gasteiger partial charge in [0, 0.05) is 59.5 Å². The fraction of sp³-hybridized carbons (Fsp3) is 0.346. The fourth-order valence-corrected chi connectivity index (χ4v) is 5.16. The number of hydrogen-bond acceptors (Lipinski definition) is 8. The molecule has 1 amide bonds. The van der Waals surface area contributed by atoms with Crippen molar-refractivity contribution in [3.63, 3.8) is 0 Å². The van der Waals surface area contributed by atoms with Crippen LogP contribution >= 0.6 is 11.3 Å². The Kier molecular flexibility index (Phi) is 4.32. The number of amides is 1. The van der Waals surface area contributed by atoms with E-state index in [4.69, 9.17) is 27.2 Å². The Morgan fingerprint density at radius 1 is 1.30 bits per heavy atom. The zero-order valence-electron chi connectivity index (χ0n) is 26.1. The van der Waals surface area contributed by atoms with Gasteiger partial charge in [0.25, 0.3) is 5.91 Å². The molecular weight excluding hydrogens is 494 g/mol. The first-order valence-corrected chi connectivity index (χ1v) is 12.3. The van der Waals surface area contributed by atoms with Crippen LogP contribution in [0.3, 0.4) is 0 Å². The third-order valence-corrected chi connectivity index (χ3v) is 7.16. The summed E-state index contributed by atoms with van der Waals surface area (Å²) in [6.07, 6.45) is 1.81. The van der Waals surface area contributed by atoms with Gasteiger partial charge in [-0.15, -0.1) is 0 Å². The Morgan fingerprint density at radius 3 is 2.84 bits per heavy atom. The average Bonchev–Trinajstić information content (AvgIpc) is 3.67. The number of nitrogens with zero attached hydrogens (tertiary/aromatic N) is 5. The molecule has 5 heterocycles. The van der Waals surface area contributed by atoms with Crippen molar-refractivity contribution in [2.24, 2.45) is 7.05 Å². The molecule has 11 heteroatoms. The molecule has 0 spiro atoms. The summed E-state index contributed by atoms with van der Waals surface area (Å²) in [6, 6.07) is 7.27. The van der Waals surface area contributed by atoms with Crippen LogP contribution < -0.4 is 9.47 Å². The van der Waals surface area contributed by atoms with Crippen molar-refractivity contribution in [3.05, 3.63) is 52.5 Å². The smallest absolute Gasteiger partial charge is 0.274 e. The van der Waals surface area contributed by atoms with E-state index in [1.165, 1.54) is 11.3 Å². The molecule has 0 atom stereocenters. The predicted octanol–water partition coefficient (Wildman–Crippen LogP) is 3.39. The van der Waals surface area contributed by atoms with E-state index in [0.717, 1.165) is 0 Å². The summed E-state index contributed by atoms with van der Waals surface area (Å²) < 4.78 is 72.6. The van der Waals surface area contributed by atoms with E-state index in [-0.39, 0.29) is 25.5 Å². The molecule has 0 saturated carbocycles. The van der Waals surface area contributed by atoms with E-state index < -0.39 is 32.1 Å². The molecule has 0 N–H and O–H groups in total. The highest BCUT2D eigenvalue weighted by Crippen LogP contribution is 2.46. The first-order valence-electron chi connectivity index (χ1n) is 14.4. The maximum Gasteiger partial charge on any atom is 0.274 e. The Hall–Kier alpha value is -3.67. The Morgan fingerprint density at radius 2 is 2.19 bits per heavy atom. The zero-order chi connectivity index (χ0) is 30.7. The van der Waals surface area contributed by atoms with Crippen LogP contribution in [-0.2, 0) is 23.1 Å². The second-order valence-corrected chi connectivity index (χ2v) is 9.73. The lowest BCUT2D eigenvalue weighted by atomic mass is 9.97. The fourth-order valence-electron chi connectivity index (χ4n) is 4.54. The molecule has 10 nitrogen and oxygen atoms in total. The monoisotopic (exact) mass is 527 g/mol. The number of likely N-dealkylation sites (N-methyl/N-ethyl adjacent to an activating group) is 1. The minimum atomic E-state index is -2.94. The lowest BCUT2D eigenvalue weighted by Gasteiger charge is -2.42. The van der Waals surface area contributed by atoms with Crippen LogP contribution in [0, 0.1) is 0 Å². The van der Waals surface area contributed by atoms with E-state index >= 15 is 0 Å². The zero-order valence-corrected chi connectivity index (χ0v) is 20.9. The number of rotatable bonds is 7. The van der Waals surface area contributed by atoms with Crippen molar-refractivity contribution in [1.29, 1.82) is 0 Å². The van der Waals surface area contributed by atoms with Crippen molar-refractivity contribution in [2.45, 2.75) is 12.2 Å². The number of methoxy groups -OCH3 is 2. The van der Waals surface area contributed by atoms with Crippen LogP contribution in [0.25, 0.3) is 28.2 Å². The number of thiophene rings is 1. The number of carbonyl (C=O) groups is 1. The summed E-state index contributed by atoms with van der Waals surface area (Å²) in [5.41, 5.74) is 1.89. The molecule has 3 aromatic heterocycles. The summed E-state index contributed by atoms with van der Waals surface area (Å²) in [5, 5.41) is 12.9. The minimum Gasteiger partial charge on any atom is -0.496 e. The normalized spacial score (nSPS) is 18.4. The molecule has 4 aromatic rings. The number of hydrogen-bond donors (Lipinski definition) is 0. The topological polar surface area (TPSA) is 92.9 Å². The van der Waals surface area contributed by atoms with Crippen molar-refractivity contribution in [3.8, 4) is 39.7 Å². The second kappa shape index (κ2) is 9.02. The molecule has 1 saturated heterocycles. The maximum atomic E-state index is 14.1. The van der Waals surface area contributed by atoms with E-state index in [2.05, 4.69) is 10.2 Å². The molecule has 6 rings (SSSR count). The molecule has 0 radical (unpaired) electrons. The van der Waals surface area contributed by atoms with Crippen LogP contribution in [0.1, 0.15) is 24.3 Å². The van der Waals surface area contributed by atoms with Crippen LogP contribution in [0.5, 0.6) is 11.5 Å². The first-order chi connectivity index (χ1) is 20.3. The van der Waals surface area contributed by atoms with Gasteiger partial charge in [0.2, 0.25) is 0 Å². The molecule has 2 aliphatic rings. The molecule has 0 aliphatic carbocycles. The number of carbonyl (C=O) groups excluding carboxylic acids is 1. The van der Waals surface area contributed by atoms with Gasteiger partial charge in [-0.1, -0.05) is 0 Å². The van der Waals surface area contributed by atoms with E-state index in [1.54, 1.807) is 29.6 Å². The highest BCUT2D eigenvalue weighted by molar-refractivity contribution is 7.08. The van der Waals surface area contributed by atoms with Crippen LogP contribution in [-0.4, -0.2) is 76.9 Å². The SMILES string of the molecule is [2H]C([2H])([2H])OC1(CN(C(=O)c2nn(-c3ccsc3)c3c2COc2cc(OC)c(-c4ccn(C)n4)cc2-3)C([2H])([2H])[2H])COC1. The second-order valence-electron chi connectivity index (χ2n) is 8.95. The van der Waals surface area contributed by atoms with Crippen molar-refractivity contribution >= 4 is 17.2 Å². The number of fused-ring (bicyclic) bond motifs is 3. The predicted molar refractivity (Wildman–Crippen MR) is 137 cm³/mol. The summed E-state index contributed by atoms with van der Waals surface area (Å²) in [4.78, 5) is 14.7. The van der Waals surface area contributed by atoms with Crippen LogP contribution in [0.4, 0.5) is 0 Å². The average molecular weight is 528 g/mol. The molecule has 1 fully saturated rings. The van der Waals surface area contributed by atoms with E-state index in [1.807, 2.05) is 35.2 Å². The summed E-state index contributed by atoms with van der Waals surface area (Å²) >= 11 is 1.43. The number of aromatic nitrogens is 4. The Labute approximate surface area is 226 Å². The standard InChI is InChI=1S/C26H27N5O5S/c1-29(13-26(34-4)14-35-15-26)25(32)23-19-11-36-22-10-21(33-3)17(20-5-7-30(2)27-20)9-18(22)24(19)31(28-23)16-6-8-37-12-16/h5-10,12H,11,13-15H2,1-4H3/i1D3,4D3. The van der Waals surface area contributed by atoms with Gasteiger partial charge in [0.15, 0.2) is 5.69 Å². The van der Waals surface area contributed by atoms with Crippen molar-refractivity contribution < 1.29 is 32.0 Å². The number of benzene rings is 1. The Bertz CT molecular complexity index is 1680. The lowest BCUT2D eigenvalue weighted by Crippen LogP contribution is -2.58. The molecule has 0 unspecified atom stereocenters. The Balaban J connectivity index is 1.49. The van der Waals surface area contributed by atoms with Gasteiger partial charge >= 0.3 is 0 Å². The minimum absolute atomic E-state index is 0.0749. The summed E-state index contributed by atoms with van der Waals surface area (Å²) in [6.45, 7) is -3.92. The summed E-state index contributed by atoms with van der Waals surface area (Å²) in [5.74, 6) is 0.106. The quantitative estimate of drug-likeness (QED) is 0.364. The number of ether oxygens (including phenoxy) is 4. The van der Waals surface area contributed by atoms with Gasteiger partial charge in [0.1, 0.15) is 23.7 Å². The van der Waals surface area contributed by atoms with Gasteiger partial charge in [-0.05, 0) is 23.6 Å². The maximum absolute atomic E-state index is 14.1. The third-order valence-electron chi connectivity index (χ3n) is 6.49. The van der Waals surface area contributed by atoms with Gasteiger partial charge in [0.05, 0.1) is 48.1 Å². The molecule has 0 bridgehead atoms. The number of aryl methyl sites for hydroxylation is 1. The van der Waals surface area contributed by atoms with Gasteiger partial charge in [-0.25, -0.2) is 4.68 Å². The summed E-state index contributed by atoms with van der Waals surface area (Å²) in [7, 11) is 0.531. The van der Waals surface area contributed by atoms with Crippen molar-refractivity contribution in [1.82, 2.24) is 24.5 Å². The largest absolute Gasteiger partial charge is 0.496 e. The van der Waals surface area contributed by atoms with Gasteiger partial charge in [-0.3, -0.25) is 9.48 Å². The molecule has 1 aromatic carbocycles. The third kappa shape index (κ3) is 3.90. The molecular formula is C26H27N5O5S. The highest BCUT2D eigenvalue weighted by Gasteiger charge is 2.42. The molecule has 192 valence electrons.